The van der Waals surface area contributed by atoms with Crippen LogP contribution in [0.15, 0.2) is 35.9 Å². The van der Waals surface area contributed by atoms with E-state index >= 15 is 0 Å². The van der Waals surface area contributed by atoms with Crippen LogP contribution in [0.4, 0.5) is 5.69 Å². The fraction of sp³-hybridized carbons (Fsp3) is 0.318. The predicted octanol–water partition coefficient (Wildman–Crippen LogP) is 4.60. The summed E-state index contributed by atoms with van der Waals surface area (Å²) < 4.78 is 4.85. The van der Waals surface area contributed by atoms with Gasteiger partial charge in [0.15, 0.2) is 0 Å². The predicted molar refractivity (Wildman–Crippen MR) is 110 cm³/mol. The van der Waals surface area contributed by atoms with Gasteiger partial charge in [0, 0.05) is 10.6 Å². The highest BCUT2D eigenvalue weighted by Gasteiger charge is 2.20. The smallest absolute Gasteiger partial charge is 0.348 e. The molecular weight excluding hydrogens is 372 g/mol. The van der Waals surface area contributed by atoms with Gasteiger partial charge < -0.3 is 10.1 Å². The van der Waals surface area contributed by atoms with Crippen molar-refractivity contribution in [3.05, 3.63) is 56.8 Å². The third kappa shape index (κ3) is 4.68. The maximum Gasteiger partial charge on any atom is 0.348 e. The Morgan fingerprint density at radius 1 is 1.36 bits per heavy atom. The van der Waals surface area contributed by atoms with Crippen molar-refractivity contribution in [1.29, 1.82) is 5.26 Å². The Labute approximate surface area is 168 Å². The molecule has 3 rings (SSSR count). The summed E-state index contributed by atoms with van der Waals surface area (Å²) in [6, 6.07) is 10.8. The zero-order valence-corrected chi connectivity index (χ0v) is 16.8. The number of nitriles is 1. The molecule has 1 atom stereocenters. The van der Waals surface area contributed by atoms with E-state index in [0.29, 0.717) is 17.2 Å². The van der Waals surface area contributed by atoms with Gasteiger partial charge in [-0.05, 0) is 67.5 Å². The Hall–Kier alpha value is -2.91. The summed E-state index contributed by atoms with van der Waals surface area (Å²) in [6.07, 6.45) is 4.75. The standard InChI is InChI=1S/C22H22N2O3S/c1-3-27-22(26)17(13-23)11-15-5-7-18(8-6-15)24-21(25)20-12-16-10-14(2)4-9-19(16)28-20/h5-8,11-12,14H,3-4,9-10H2,1-2H3,(H,24,25)/b17-11+/t14-/m0/s1. The van der Waals surface area contributed by atoms with E-state index in [1.54, 1.807) is 42.5 Å². The first-order valence-corrected chi connectivity index (χ1v) is 10.1. The average Bonchev–Trinajstić information content (AvgIpc) is 3.11. The molecule has 6 heteroatoms. The van der Waals surface area contributed by atoms with Crippen LogP contribution in [0.2, 0.25) is 0 Å². The number of amides is 1. The fourth-order valence-electron chi connectivity index (χ4n) is 3.19. The highest BCUT2D eigenvalue weighted by Crippen LogP contribution is 2.32. The lowest BCUT2D eigenvalue weighted by Gasteiger charge is -2.16. The quantitative estimate of drug-likeness (QED) is 0.457. The molecule has 0 spiro atoms. The number of ether oxygens (including phenoxy) is 1. The van der Waals surface area contributed by atoms with Crippen LogP contribution in [0.25, 0.3) is 6.08 Å². The first-order chi connectivity index (χ1) is 13.5. The highest BCUT2D eigenvalue weighted by molar-refractivity contribution is 7.14. The van der Waals surface area contributed by atoms with E-state index in [1.165, 1.54) is 22.9 Å². The average molecular weight is 394 g/mol. The van der Waals surface area contributed by atoms with Crippen LogP contribution in [0, 0.1) is 17.2 Å². The van der Waals surface area contributed by atoms with Gasteiger partial charge in [-0.15, -0.1) is 11.3 Å². The highest BCUT2D eigenvalue weighted by atomic mass is 32.1. The molecule has 0 bridgehead atoms. The molecule has 1 aliphatic carbocycles. The van der Waals surface area contributed by atoms with Gasteiger partial charge in [-0.2, -0.15) is 5.26 Å². The van der Waals surface area contributed by atoms with Crippen LogP contribution in [0.5, 0.6) is 0 Å². The number of esters is 1. The number of benzene rings is 1. The molecule has 0 unspecified atom stereocenters. The molecule has 0 radical (unpaired) electrons. The molecule has 1 N–H and O–H groups in total. The van der Waals surface area contributed by atoms with E-state index < -0.39 is 5.97 Å². The first kappa shape index (κ1) is 19.8. The number of carbonyl (C=O) groups excluding carboxylic acids is 2. The van der Waals surface area contributed by atoms with E-state index in [4.69, 9.17) is 10.00 Å². The Morgan fingerprint density at radius 3 is 2.79 bits per heavy atom. The molecule has 0 aliphatic heterocycles. The summed E-state index contributed by atoms with van der Waals surface area (Å²) in [7, 11) is 0. The van der Waals surface area contributed by atoms with Gasteiger partial charge >= 0.3 is 5.97 Å². The Bertz CT molecular complexity index is 951. The van der Waals surface area contributed by atoms with Crippen LogP contribution in [-0.2, 0) is 22.4 Å². The number of nitrogens with one attached hydrogen (secondary N) is 1. The zero-order valence-electron chi connectivity index (χ0n) is 16.0. The number of hydrogen-bond acceptors (Lipinski definition) is 5. The van der Waals surface area contributed by atoms with Crippen molar-refractivity contribution in [3.8, 4) is 6.07 Å². The second-order valence-corrected chi connectivity index (χ2v) is 8.01. The summed E-state index contributed by atoms with van der Waals surface area (Å²) in [5.74, 6) is -0.0792. The van der Waals surface area contributed by atoms with Gasteiger partial charge in [-0.25, -0.2) is 4.79 Å². The van der Waals surface area contributed by atoms with Crippen LogP contribution >= 0.6 is 11.3 Å². The summed E-state index contributed by atoms with van der Waals surface area (Å²) in [5, 5.41) is 12.0. The van der Waals surface area contributed by atoms with Crippen molar-refractivity contribution in [2.75, 3.05) is 11.9 Å². The van der Waals surface area contributed by atoms with Crippen molar-refractivity contribution in [2.24, 2.45) is 5.92 Å². The molecule has 144 valence electrons. The van der Waals surface area contributed by atoms with Gasteiger partial charge in [0.25, 0.3) is 5.91 Å². The minimum absolute atomic E-state index is 0.0583. The topological polar surface area (TPSA) is 79.2 Å². The number of thiophene rings is 1. The summed E-state index contributed by atoms with van der Waals surface area (Å²) in [6.45, 7) is 4.15. The van der Waals surface area contributed by atoms with E-state index in [2.05, 4.69) is 12.2 Å². The molecule has 1 heterocycles. The van der Waals surface area contributed by atoms with Gasteiger partial charge in [0.2, 0.25) is 0 Å². The van der Waals surface area contributed by atoms with Crippen molar-refractivity contribution < 1.29 is 14.3 Å². The number of anilines is 1. The van der Waals surface area contributed by atoms with Gasteiger partial charge in [-0.1, -0.05) is 19.1 Å². The maximum atomic E-state index is 12.6. The van der Waals surface area contributed by atoms with Crippen LogP contribution in [0.3, 0.4) is 0 Å². The molecule has 1 amide bonds. The van der Waals surface area contributed by atoms with Crippen LogP contribution in [-0.4, -0.2) is 18.5 Å². The van der Waals surface area contributed by atoms with Gasteiger partial charge in [0.1, 0.15) is 11.6 Å². The van der Waals surface area contributed by atoms with Crippen molar-refractivity contribution in [2.45, 2.75) is 33.1 Å². The molecule has 1 aliphatic rings. The second kappa shape index (κ2) is 8.85. The number of rotatable bonds is 5. The third-order valence-corrected chi connectivity index (χ3v) is 5.88. The van der Waals surface area contributed by atoms with E-state index in [1.807, 2.05) is 12.1 Å². The van der Waals surface area contributed by atoms with Crippen LogP contribution in [0.1, 0.15) is 45.9 Å². The lowest BCUT2D eigenvalue weighted by atomic mass is 9.90. The number of carbonyl (C=O) groups is 2. The van der Waals surface area contributed by atoms with Gasteiger partial charge in [0.05, 0.1) is 11.5 Å². The Kier molecular flexibility index (Phi) is 6.27. The van der Waals surface area contributed by atoms with Crippen molar-refractivity contribution >= 4 is 35.0 Å². The monoisotopic (exact) mass is 394 g/mol. The normalized spacial score (nSPS) is 16.0. The lowest BCUT2D eigenvalue weighted by molar-refractivity contribution is -0.137. The maximum absolute atomic E-state index is 12.6. The molecule has 0 saturated heterocycles. The molecular formula is C22H22N2O3S. The largest absolute Gasteiger partial charge is 0.462 e. The van der Waals surface area contributed by atoms with Crippen molar-refractivity contribution in [3.63, 3.8) is 0 Å². The molecule has 2 aromatic rings. The molecule has 28 heavy (non-hydrogen) atoms. The molecule has 0 fully saturated rings. The fourth-order valence-corrected chi connectivity index (χ4v) is 4.29. The molecule has 5 nitrogen and oxygen atoms in total. The second-order valence-electron chi connectivity index (χ2n) is 6.87. The minimum atomic E-state index is -0.640. The number of hydrogen-bond donors (Lipinski definition) is 1. The summed E-state index contributed by atoms with van der Waals surface area (Å²) in [4.78, 5) is 26.3. The van der Waals surface area contributed by atoms with Crippen LogP contribution < -0.4 is 5.32 Å². The van der Waals surface area contributed by atoms with E-state index in [0.717, 1.165) is 17.7 Å². The van der Waals surface area contributed by atoms with E-state index in [-0.39, 0.29) is 18.1 Å². The van der Waals surface area contributed by atoms with E-state index in [9.17, 15) is 9.59 Å². The minimum Gasteiger partial charge on any atom is -0.462 e. The number of aryl methyl sites for hydroxylation is 1. The number of nitrogens with zero attached hydrogens (tertiary/aromatic N) is 1. The summed E-state index contributed by atoms with van der Waals surface area (Å²) in [5.41, 5.74) is 2.59. The zero-order chi connectivity index (χ0) is 20.1. The first-order valence-electron chi connectivity index (χ1n) is 9.32. The molecule has 1 aromatic carbocycles. The Morgan fingerprint density at radius 2 is 2.11 bits per heavy atom. The lowest BCUT2D eigenvalue weighted by Crippen LogP contribution is -2.10. The van der Waals surface area contributed by atoms with Crippen molar-refractivity contribution in [1.82, 2.24) is 0 Å². The number of fused-ring (bicyclic) bond motifs is 1. The third-order valence-electron chi connectivity index (χ3n) is 4.65. The Balaban J connectivity index is 1.68. The van der Waals surface area contributed by atoms with Gasteiger partial charge in [-0.3, -0.25) is 4.79 Å². The molecule has 1 aromatic heterocycles. The SMILES string of the molecule is CCOC(=O)/C(C#N)=C/c1ccc(NC(=O)c2cc3c(s2)CC[C@H](C)C3)cc1. The summed E-state index contributed by atoms with van der Waals surface area (Å²) >= 11 is 1.58. The molecule has 0 saturated carbocycles.